The fourth-order valence-corrected chi connectivity index (χ4v) is 3.90. The van der Waals surface area contributed by atoms with Gasteiger partial charge >= 0.3 is 0 Å². The third-order valence-electron chi connectivity index (χ3n) is 5.74. The summed E-state index contributed by atoms with van der Waals surface area (Å²) in [4.78, 5) is 19.1. The molecule has 0 spiro atoms. The monoisotopic (exact) mass is 402 g/mol. The van der Waals surface area contributed by atoms with Gasteiger partial charge in [0.05, 0.1) is 29.2 Å². The van der Waals surface area contributed by atoms with Gasteiger partial charge in [0.1, 0.15) is 5.82 Å². The summed E-state index contributed by atoms with van der Waals surface area (Å²) in [7, 11) is 1.99. The Kier molecular flexibility index (Phi) is 5.68. The van der Waals surface area contributed by atoms with Gasteiger partial charge in [-0.15, -0.1) is 0 Å². The summed E-state index contributed by atoms with van der Waals surface area (Å²) in [6, 6.07) is 15.1. The van der Waals surface area contributed by atoms with Gasteiger partial charge in [-0.3, -0.25) is 4.79 Å². The second kappa shape index (κ2) is 8.56. The smallest absolute Gasteiger partial charge is 0.224 e. The van der Waals surface area contributed by atoms with Crippen LogP contribution in [0.5, 0.6) is 0 Å². The summed E-state index contributed by atoms with van der Waals surface area (Å²) in [6.07, 6.45) is 2.49. The number of nitrogens with two attached hydrogens (primary N) is 1. The maximum Gasteiger partial charge on any atom is 0.224 e. The van der Waals surface area contributed by atoms with E-state index >= 15 is 0 Å². The number of carbonyl (C=O) groups is 1. The zero-order valence-corrected chi connectivity index (χ0v) is 17.1. The van der Waals surface area contributed by atoms with Gasteiger partial charge in [0.2, 0.25) is 5.91 Å². The highest BCUT2D eigenvalue weighted by molar-refractivity contribution is 5.79. The molecule has 1 aromatic heterocycles. The lowest BCUT2D eigenvalue weighted by Crippen LogP contribution is -2.30. The van der Waals surface area contributed by atoms with Crippen LogP contribution < -0.4 is 11.1 Å². The first-order chi connectivity index (χ1) is 14.5. The van der Waals surface area contributed by atoms with Crippen molar-refractivity contribution in [3.63, 3.8) is 0 Å². The van der Waals surface area contributed by atoms with Gasteiger partial charge in [-0.2, -0.15) is 5.26 Å². The molecule has 30 heavy (non-hydrogen) atoms. The molecule has 0 saturated carbocycles. The number of fused-ring (bicyclic) bond motifs is 1. The quantitative estimate of drug-likeness (QED) is 0.660. The predicted molar refractivity (Wildman–Crippen MR) is 117 cm³/mol. The van der Waals surface area contributed by atoms with Crippen molar-refractivity contribution in [2.45, 2.75) is 31.8 Å². The summed E-state index contributed by atoms with van der Waals surface area (Å²) in [5, 5.41) is 12.2. The number of aryl methyl sites for hydroxylation is 1. The van der Waals surface area contributed by atoms with Crippen LogP contribution in [0.15, 0.2) is 42.5 Å². The number of imidazole rings is 1. The molecular formula is C23H26N6O. The minimum atomic E-state index is -0.329. The second-order valence-corrected chi connectivity index (χ2v) is 7.78. The average Bonchev–Trinajstić information content (AvgIpc) is 3.41. The molecule has 2 aromatic carbocycles. The highest BCUT2D eigenvalue weighted by Gasteiger charge is 2.21. The molecule has 1 amide bonds. The zero-order chi connectivity index (χ0) is 21.1. The van der Waals surface area contributed by atoms with Crippen molar-refractivity contribution in [3.05, 3.63) is 59.4 Å². The van der Waals surface area contributed by atoms with E-state index < -0.39 is 0 Å². The van der Waals surface area contributed by atoms with Gasteiger partial charge in [0.25, 0.3) is 0 Å². The largest absolute Gasteiger partial charge is 0.378 e. The third kappa shape index (κ3) is 4.14. The van der Waals surface area contributed by atoms with Crippen LogP contribution in [0.25, 0.3) is 11.0 Å². The van der Waals surface area contributed by atoms with Crippen LogP contribution in [-0.2, 0) is 18.4 Å². The lowest BCUT2D eigenvalue weighted by molar-refractivity contribution is -0.130. The van der Waals surface area contributed by atoms with Crippen molar-refractivity contribution in [1.29, 1.82) is 5.26 Å². The number of rotatable bonds is 6. The van der Waals surface area contributed by atoms with Crippen LogP contribution in [0.4, 0.5) is 5.69 Å². The second-order valence-electron chi connectivity index (χ2n) is 7.78. The van der Waals surface area contributed by atoms with Gasteiger partial charge in [0.15, 0.2) is 0 Å². The van der Waals surface area contributed by atoms with E-state index in [4.69, 9.17) is 16.0 Å². The number of hydrogen-bond donors (Lipinski definition) is 2. The molecule has 3 N–H and O–H groups in total. The molecule has 7 heteroatoms. The summed E-state index contributed by atoms with van der Waals surface area (Å²) < 4.78 is 2.05. The molecule has 1 saturated heterocycles. The van der Waals surface area contributed by atoms with Crippen LogP contribution in [0.3, 0.4) is 0 Å². The number of carbonyl (C=O) groups excluding carboxylic acids is 1. The van der Waals surface area contributed by atoms with Crippen LogP contribution in [0, 0.1) is 11.3 Å². The van der Waals surface area contributed by atoms with Crippen molar-refractivity contribution in [2.24, 2.45) is 12.8 Å². The van der Waals surface area contributed by atoms with E-state index in [1.807, 2.05) is 42.3 Å². The number of benzene rings is 2. The first-order valence-electron chi connectivity index (χ1n) is 10.3. The van der Waals surface area contributed by atoms with Gasteiger partial charge in [0, 0.05) is 38.3 Å². The first-order valence-corrected chi connectivity index (χ1v) is 10.3. The Hall–Kier alpha value is -3.37. The molecule has 7 nitrogen and oxygen atoms in total. The first kappa shape index (κ1) is 19.9. The van der Waals surface area contributed by atoms with Crippen molar-refractivity contribution in [2.75, 3.05) is 18.4 Å². The topological polar surface area (TPSA) is 100.0 Å². The van der Waals surface area contributed by atoms with Crippen LogP contribution in [0.2, 0.25) is 0 Å². The van der Waals surface area contributed by atoms with Crippen molar-refractivity contribution >= 4 is 22.6 Å². The standard InChI is InChI=1S/C23H26N6O/c1-28-21-9-6-17(19(25)13-23(30)29-10-2-3-11-29)12-20(21)27-22(28)15-26-18-7-4-16(14-24)5-8-18/h4-9,12,19,26H,2-3,10-11,13,15,25H2,1H3. The van der Waals surface area contributed by atoms with Crippen LogP contribution >= 0.6 is 0 Å². The molecule has 3 aromatic rings. The van der Waals surface area contributed by atoms with Gasteiger partial charge < -0.3 is 20.5 Å². The number of likely N-dealkylation sites (tertiary alicyclic amines) is 1. The van der Waals surface area contributed by atoms with E-state index in [1.54, 1.807) is 12.1 Å². The molecule has 1 fully saturated rings. The fraction of sp³-hybridized carbons (Fsp3) is 0.348. The van der Waals surface area contributed by atoms with Crippen molar-refractivity contribution in [1.82, 2.24) is 14.5 Å². The van der Waals surface area contributed by atoms with Crippen molar-refractivity contribution in [3.8, 4) is 6.07 Å². The Balaban J connectivity index is 1.46. The Morgan fingerprint density at radius 3 is 2.67 bits per heavy atom. The molecule has 1 unspecified atom stereocenters. The van der Waals surface area contributed by atoms with E-state index in [2.05, 4.69) is 16.0 Å². The number of nitriles is 1. The number of amides is 1. The SMILES string of the molecule is Cn1c(CNc2ccc(C#N)cc2)nc2cc(C(N)CC(=O)N3CCCC3)ccc21. The van der Waals surface area contributed by atoms with E-state index in [1.165, 1.54) is 0 Å². The Labute approximate surface area is 176 Å². The predicted octanol–water partition coefficient (Wildman–Crippen LogP) is 3.07. The fourth-order valence-electron chi connectivity index (χ4n) is 3.90. The van der Waals surface area contributed by atoms with E-state index in [-0.39, 0.29) is 11.9 Å². The maximum absolute atomic E-state index is 12.4. The normalized spacial score (nSPS) is 14.6. The van der Waals surface area contributed by atoms with E-state index in [0.29, 0.717) is 18.5 Å². The van der Waals surface area contributed by atoms with Gasteiger partial charge in [-0.25, -0.2) is 4.98 Å². The lowest BCUT2D eigenvalue weighted by Gasteiger charge is -2.18. The average molecular weight is 403 g/mol. The molecule has 154 valence electrons. The Bertz CT molecular complexity index is 1090. The molecule has 1 aliphatic rings. The maximum atomic E-state index is 12.4. The number of nitrogens with one attached hydrogen (secondary N) is 1. The number of anilines is 1. The molecule has 1 atom stereocenters. The number of aromatic nitrogens is 2. The number of nitrogens with zero attached hydrogens (tertiary/aromatic N) is 4. The minimum Gasteiger partial charge on any atom is -0.378 e. The van der Waals surface area contributed by atoms with E-state index in [0.717, 1.165) is 54.0 Å². The van der Waals surface area contributed by atoms with Gasteiger partial charge in [-0.1, -0.05) is 6.07 Å². The Morgan fingerprint density at radius 2 is 1.97 bits per heavy atom. The summed E-state index contributed by atoms with van der Waals surface area (Å²) in [6.45, 7) is 2.26. The minimum absolute atomic E-state index is 0.133. The lowest BCUT2D eigenvalue weighted by atomic mass is 10.0. The molecule has 0 radical (unpaired) electrons. The molecule has 4 rings (SSSR count). The molecular weight excluding hydrogens is 376 g/mol. The number of hydrogen-bond acceptors (Lipinski definition) is 5. The summed E-state index contributed by atoms with van der Waals surface area (Å²) in [5.41, 5.74) is 10.7. The molecule has 1 aliphatic heterocycles. The molecule has 0 bridgehead atoms. The molecule has 0 aliphatic carbocycles. The highest BCUT2D eigenvalue weighted by atomic mass is 16.2. The van der Waals surface area contributed by atoms with Crippen LogP contribution in [-0.4, -0.2) is 33.4 Å². The summed E-state index contributed by atoms with van der Waals surface area (Å²) >= 11 is 0. The van der Waals surface area contributed by atoms with Crippen LogP contribution in [0.1, 0.15) is 42.3 Å². The molecule has 2 heterocycles. The zero-order valence-electron chi connectivity index (χ0n) is 17.1. The van der Waals surface area contributed by atoms with Gasteiger partial charge in [-0.05, 0) is 54.8 Å². The summed E-state index contributed by atoms with van der Waals surface area (Å²) in [5.74, 6) is 1.03. The highest BCUT2D eigenvalue weighted by Crippen LogP contribution is 2.23. The van der Waals surface area contributed by atoms with Crippen molar-refractivity contribution < 1.29 is 4.79 Å². The third-order valence-corrected chi connectivity index (χ3v) is 5.74. The van der Waals surface area contributed by atoms with E-state index in [9.17, 15) is 4.79 Å². The Morgan fingerprint density at radius 1 is 1.23 bits per heavy atom.